The van der Waals surface area contributed by atoms with Crippen LogP contribution < -0.4 is 4.90 Å². The molecule has 0 aliphatic carbocycles. The molecule has 0 aliphatic heterocycles. The lowest BCUT2D eigenvalue weighted by molar-refractivity contribution is 0.0472. The van der Waals surface area contributed by atoms with E-state index in [4.69, 9.17) is 4.74 Å². The molecule has 2 aromatic carbocycles. The highest BCUT2D eigenvalue weighted by atomic mass is 16.5. The van der Waals surface area contributed by atoms with Gasteiger partial charge in [-0.1, -0.05) is 31.2 Å². The molecule has 0 saturated heterocycles. The Morgan fingerprint density at radius 1 is 1.00 bits per heavy atom. The molecule has 0 unspecified atom stereocenters. The Hall–Kier alpha value is -2.29. The highest BCUT2D eigenvalue weighted by Gasteiger charge is 2.09. The molecule has 0 aromatic heterocycles. The SMILES string of the molecule is CCc1ccccc1COC(=O)c1ccc(N(C)C)cc1. The van der Waals surface area contributed by atoms with E-state index in [0.29, 0.717) is 12.2 Å². The van der Waals surface area contributed by atoms with E-state index < -0.39 is 0 Å². The van der Waals surface area contributed by atoms with Gasteiger partial charge in [0.1, 0.15) is 6.61 Å². The van der Waals surface area contributed by atoms with Crippen molar-refractivity contribution in [3.63, 3.8) is 0 Å². The summed E-state index contributed by atoms with van der Waals surface area (Å²) in [7, 11) is 3.93. The summed E-state index contributed by atoms with van der Waals surface area (Å²) in [6, 6.07) is 15.5. The minimum Gasteiger partial charge on any atom is -0.457 e. The molecule has 0 N–H and O–H groups in total. The fraction of sp³-hybridized carbons (Fsp3) is 0.278. The van der Waals surface area contributed by atoms with E-state index >= 15 is 0 Å². The summed E-state index contributed by atoms with van der Waals surface area (Å²) in [6.07, 6.45) is 0.936. The van der Waals surface area contributed by atoms with Gasteiger partial charge < -0.3 is 9.64 Å². The van der Waals surface area contributed by atoms with Gasteiger partial charge in [0.05, 0.1) is 5.56 Å². The summed E-state index contributed by atoms with van der Waals surface area (Å²) in [6.45, 7) is 2.42. The highest BCUT2D eigenvalue weighted by molar-refractivity contribution is 5.89. The Morgan fingerprint density at radius 2 is 1.62 bits per heavy atom. The number of hydrogen-bond donors (Lipinski definition) is 0. The number of carbonyl (C=O) groups is 1. The Kier molecular flexibility index (Phi) is 4.99. The lowest BCUT2D eigenvalue weighted by atomic mass is 10.1. The predicted octanol–water partition coefficient (Wildman–Crippen LogP) is 3.67. The molecule has 3 nitrogen and oxygen atoms in total. The molecule has 0 spiro atoms. The summed E-state index contributed by atoms with van der Waals surface area (Å²) < 4.78 is 5.40. The third kappa shape index (κ3) is 3.85. The number of benzene rings is 2. The quantitative estimate of drug-likeness (QED) is 0.784. The van der Waals surface area contributed by atoms with E-state index in [1.165, 1.54) is 5.56 Å². The largest absolute Gasteiger partial charge is 0.457 e. The zero-order valence-electron chi connectivity index (χ0n) is 12.8. The van der Waals surface area contributed by atoms with E-state index in [1.807, 2.05) is 49.3 Å². The van der Waals surface area contributed by atoms with Crippen LogP contribution in [0.15, 0.2) is 48.5 Å². The number of anilines is 1. The number of nitrogens with zero attached hydrogens (tertiary/aromatic N) is 1. The van der Waals surface area contributed by atoms with Crippen LogP contribution in [0.3, 0.4) is 0 Å². The highest BCUT2D eigenvalue weighted by Crippen LogP contribution is 2.15. The van der Waals surface area contributed by atoms with Gasteiger partial charge in [-0.15, -0.1) is 0 Å². The maximum absolute atomic E-state index is 12.1. The molecular weight excluding hydrogens is 262 g/mol. The molecule has 0 bridgehead atoms. The van der Waals surface area contributed by atoms with Crippen molar-refractivity contribution in [2.75, 3.05) is 19.0 Å². The first-order valence-electron chi connectivity index (χ1n) is 7.13. The maximum atomic E-state index is 12.1. The summed E-state index contributed by atoms with van der Waals surface area (Å²) in [5, 5.41) is 0. The summed E-state index contributed by atoms with van der Waals surface area (Å²) in [5.74, 6) is -0.286. The third-order valence-electron chi connectivity index (χ3n) is 3.48. The van der Waals surface area contributed by atoms with Crippen LogP contribution in [0.1, 0.15) is 28.4 Å². The second-order valence-electron chi connectivity index (χ2n) is 5.14. The fourth-order valence-corrected chi connectivity index (χ4v) is 2.17. The maximum Gasteiger partial charge on any atom is 0.338 e. The van der Waals surface area contributed by atoms with Crippen molar-refractivity contribution < 1.29 is 9.53 Å². The zero-order valence-corrected chi connectivity index (χ0v) is 12.8. The molecular formula is C18H21NO2. The summed E-state index contributed by atoms with van der Waals surface area (Å²) in [5.41, 5.74) is 3.92. The van der Waals surface area contributed by atoms with Crippen molar-refractivity contribution in [1.29, 1.82) is 0 Å². The van der Waals surface area contributed by atoms with Gasteiger partial charge in [0.25, 0.3) is 0 Å². The van der Waals surface area contributed by atoms with Crippen LogP contribution in [0.25, 0.3) is 0 Å². The van der Waals surface area contributed by atoms with Crippen LogP contribution in [0, 0.1) is 0 Å². The molecule has 0 atom stereocenters. The van der Waals surface area contributed by atoms with Crippen LogP contribution in [-0.4, -0.2) is 20.1 Å². The van der Waals surface area contributed by atoms with Crippen molar-refractivity contribution in [2.45, 2.75) is 20.0 Å². The Balaban J connectivity index is 2.01. The first-order chi connectivity index (χ1) is 10.1. The van der Waals surface area contributed by atoms with E-state index in [0.717, 1.165) is 17.7 Å². The molecule has 2 rings (SSSR count). The van der Waals surface area contributed by atoms with Gasteiger partial charge in [0.15, 0.2) is 0 Å². The minimum absolute atomic E-state index is 0.286. The van der Waals surface area contributed by atoms with Crippen LogP contribution in [0.4, 0.5) is 5.69 Å². The van der Waals surface area contributed by atoms with Crippen LogP contribution in [0.2, 0.25) is 0 Å². The van der Waals surface area contributed by atoms with Gasteiger partial charge in [-0.2, -0.15) is 0 Å². The van der Waals surface area contributed by atoms with Gasteiger partial charge in [0, 0.05) is 19.8 Å². The molecule has 3 heteroatoms. The van der Waals surface area contributed by atoms with Crippen LogP contribution in [0.5, 0.6) is 0 Å². The number of rotatable bonds is 5. The van der Waals surface area contributed by atoms with Gasteiger partial charge in [-0.3, -0.25) is 0 Å². The molecule has 0 aliphatic rings. The predicted molar refractivity (Wildman–Crippen MR) is 85.7 cm³/mol. The second-order valence-corrected chi connectivity index (χ2v) is 5.14. The van der Waals surface area contributed by atoms with Gasteiger partial charge in [0.2, 0.25) is 0 Å². The standard InChI is InChI=1S/C18H21NO2/c1-4-14-7-5-6-8-16(14)13-21-18(20)15-9-11-17(12-10-15)19(2)3/h5-12H,4,13H2,1-3H3. The van der Waals surface area contributed by atoms with E-state index in [1.54, 1.807) is 12.1 Å². The Bertz CT molecular complexity index is 603. The fourth-order valence-electron chi connectivity index (χ4n) is 2.17. The lowest BCUT2D eigenvalue weighted by Crippen LogP contribution is -2.10. The molecule has 0 saturated carbocycles. The van der Waals surface area contributed by atoms with Gasteiger partial charge in [-0.05, 0) is 41.8 Å². The molecule has 21 heavy (non-hydrogen) atoms. The van der Waals surface area contributed by atoms with Gasteiger partial charge in [-0.25, -0.2) is 4.79 Å². The van der Waals surface area contributed by atoms with Gasteiger partial charge >= 0.3 is 5.97 Å². The van der Waals surface area contributed by atoms with Crippen molar-refractivity contribution in [1.82, 2.24) is 0 Å². The third-order valence-corrected chi connectivity index (χ3v) is 3.48. The number of carbonyl (C=O) groups excluding carboxylic acids is 1. The van der Waals surface area contributed by atoms with E-state index in [-0.39, 0.29) is 5.97 Å². The Morgan fingerprint density at radius 3 is 2.19 bits per heavy atom. The molecule has 0 amide bonds. The normalized spacial score (nSPS) is 10.2. The molecule has 0 fully saturated rings. The first-order valence-corrected chi connectivity index (χ1v) is 7.13. The monoisotopic (exact) mass is 283 g/mol. The average molecular weight is 283 g/mol. The summed E-state index contributed by atoms with van der Waals surface area (Å²) in [4.78, 5) is 14.1. The first kappa shape index (κ1) is 15.1. The topological polar surface area (TPSA) is 29.5 Å². The number of ether oxygens (including phenoxy) is 1. The molecule has 0 radical (unpaired) electrons. The van der Waals surface area contributed by atoms with Crippen molar-refractivity contribution >= 4 is 11.7 Å². The second kappa shape index (κ2) is 6.93. The van der Waals surface area contributed by atoms with E-state index in [9.17, 15) is 4.79 Å². The minimum atomic E-state index is -0.286. The van der Waals surface area contributed by atoms with Crippen LogP contribution >= 0.6 is 0 Å². The van der Waals surface area contributed by atoms with Crippen molar-refractivity contribution in [3.05, 3.63) is 65.2 Å². The molecule has 0 heterocycles. The molecule has 2 aromatic rings. The van der Waals surface area contributed by atoms with E-state index in [2.05, 4.69) is 13.0 Å². The zero-order chi connectivity index (χ0) is 15.2. The average Bonchev–Trinajstić information content (AvgIpc) is 2.52. The molecule has 110 valence electrons. The van der Waals surface area contributed by atoms with Crippen molar-refractivity contribution in [2.24, 2.45) is 0 Å². The van der Waals surface area contributed by atoms with Crippen molar-refractivity contribution in [3.8, 4) is 0 Å². The lowest BCUT2D eigenvalue weighted by Gasteiger charge is -2.13. The smallest absolute Gasteiger partial charge is 0.338 e. The number of esters is 1. The Labute approximate surface area is 126 Å². The number of hydrogen-bond acceptors (Lipinski definition) is 3. The summed E-state index contributed by atoms with van der Waals surface area (Å²) >= 11 is 0. The number of aryl methyl sites for hydroxylation is 1. The van der Waals surface area contributed by atoms with Crippen LogP contribution in [-0.2, 0) is 17.8 Å².